The summed E-state index contributed by atoms with van der Waals surface area (Å²) in [4.78, 5) is 24.4. The Kier molecular flexibility index (Phi) is 2.53. The Hall–Kier alpha value is -2.24. The fourth-order valence-electron chi connectivity index (χ4n) is 4.41. The van der Waals surface area contributed by atoms with E-state index in [0.717, 1.165) is 5.56 Å². The molecule has 0 saturated heterocycles. The summed E-state index contributed by atoms with van der Waals surface area (Å²) in [6.07, 6.45) is 0.969. The predicted octanol–water partition coefficient (Wildman–Crippen LogP) is 1.63. The Morgan fingerprint density at radius 3 is 2.23 bits per heavy atom. The lowest BCUT2D eigenvalue weighted by molar-refractivity contribution is -0.249. The lowest BCUT2D eigenvalue weighted by Gasteiger charge is -2.72. The van der Waals surface area contributed by atoms with Crippen LogP contribution in [0.1, 0.15) is 24.3 Å². The van der Waals surface area contributed by atoms with Gasteiger partial charge in [0, 0.05) is 5.92 Å². The van der Waals surface area contributed by atoms with Crippen molar-refractivity contribution in [3.63, 3.8) is 0 Å². The van der Waals surface area contributed by atoms with Gasteiger partial charge < -0.3 is 18.9 Å². The lowest BCUT2D eigenvalue weighted by atomic mass is 9.28. The second-order valence-corrected chi connectivity index (χ2v) is 6.19. The number of rotatable bonds is 3. The first kappa shape index (κ1) is 13.4. The number of benzene rings is 1. The number of esters is 2. The maximum absolute atomic E-state index is 12.2. The maximum Gasteiger partial charge on any atom is 0.312 e. The van der Waals surface area contributed by atoms with E-state index >= 15 is 0 Å². The van der Waals surface area contributed by atoms with Gasteiger partial charge >= 0.3 is 11.9 Å². The van der Waals surface area contributed by atoms with E-state index in [-0.39, 0.29) is 24.6 Å². The van der Waals surface area contributed by atoms with Crippen molar-refractivity contribution < 1.29 is 28.5 Å². The van der Waals surface area contributed by atoms with E-state index in [0.29, 0.717) is 24.3 Å². The number of carbonyl (C=O) groups excluding carboxylic acids is 2. The third-order valence-corrected chi connectivity index (χ3v) is 5.28. The molecule has 4 aliphatic rings. The van der Waals surface area contributed by atoms with Crippen LogP contribution in [0, 0.1) is 10.8 Å². The highest BCUT2D eigenvalue weighted by Crippen LogP contribution is 2.81. The molecule has 1 aromatic carbocycles. The molecule has 2 bridgehead atoms. The first-order valence-electron chi connectivity index (χ1n) is 7.14. The first-order chi connectivity index (χ1) is 10.6. The van der Waals surface area contributed by atoms with E-state index in [2.05, 4.69) is 0 Å². The molecule has 6 nitrogen and oxygen atoms in total. The van der Waals surface area contributed by atoms with Crippen molar-refractivity contribution in [2.45, 2.75) is 18.8 Å². The van der Waals surface area contributed by atoms with Gasteiger partial charge in [-0.25, -0.2) is 0 Å². The summed E-state index contributed by atoms with van der Waals surface area (Å²) >= 11 is 0. The van der Waals surface area contributed by atoms with Gasteiger partial charge in [0.1, 0.15) is 0 Å². The number of hydrogen-bond donors (Lipinski definition) is 0. The van der Waals surface area contributed by atoms with Gasteiger partial charge in [0.25, 0.3) is 0 Å². The molecule has 3 fully saturated rings. The molecular formula is C16H16O6. The molecule has 0 atom stereocenters. The normalized spacial score (nSPS) is 33.5. The van der Waals surface area contributed by atoms with Gasteiger partial charge in [-0.05, 0) is 30.5 Å². The first-order valence-corrected chi connectivity index (χ1v) is 7.14. The average molecular weight is 304 g/mol. The highest BCUT2D eigenvalue weighted by molar-refractivity contribution is 5.94. The monoisotopic (exact) mass is 304 g/mol. The molecule has 0 spiro atoms. The molecule has 0 aromatic heterocycles. The topological polar surface area (TPSA) is 71.1 Å². The zero-order chi connectivity index (χ0) is 15.5. The summed E-state index contributed by atoms with van der Waals surface area (Å²) < 4.78 is 20.6. The van der Waals surface area contributed by atoms with E-state index in [1.165, 1.54) is 14.2 Å². The van der Waals surface area contributed by atoms with Crippen molar-refractivity contribution in [2.24, 2.45) is 10.8 Å². The van der Waals surface area contributed by atoms with Crippen LogP contribution in [0.3, 0.4) is 0 Å². The smallest absolute Gasteiger partial charge is 0.312 e. The fourth-order valence-corrected chi connectivity index (χ4v) is 4.41. The number of ether oxygens (including phenoxy) is 4. The van der Waals surface area contributed by atoms with Crippen LogP contribution in [-0.4, -0.2) is 33.0 Å². The molecule has 1 aliphatic heterocycles. The molecule has 1 heterocycles. The van der Waals surface area contributed by atoms with Crippen LogP contribution in [0.2, 0.25) is 0 Å². The Morgan fingerprint density at radius 2 is 1.64 bits per heavy atom. The molecule has 6 heteroatoms. The van der Waals surface area contributed by atoms with Gasteiger partial charge in [-0.3, -0.25) is 9.59 Å². The zero-order valence-electron chi connectivity index (χ0n) is 12.4. The van der Waals surface area contributed by atoms with Crippen LogP contribution in [0.4, 0.5) is 0 Å². The second kappa shape index (κ2) is 4.15. The minimum absolute atomic E-state index is 0.188. The standard InChI is InChI=1S/C16H16O6/c1-19-13(17)15-6-16(7-15,14(18)20-2)12(15)9-3-4-10-11(5-9)22-8-21-10/h3-5,12H,6-8H2,1-2H3. The van der Waals surface area contributed by atoms with Gasteiger partial charge in [-0.1, -0.05) is 6.07 Å². The van der Waals surface area contributed by atoms with Gasteiger partial charge in [0.15, 0.2) is 11.5 Å². The van der Waals surface area contributed by atoms with Crippen LogP contribution in [-0.2, 0) is 19.1 Å². The minimum atomic E-state index is -0.614. The number of carbonyl (C=O) groups is 2. The number of fused-ring (bicyclic) bond motifs is 1. The average Bonchev–Trinajstić information content (AvgIpc) is 2.92. The molecule has 3 aliphatic carbocycles. The van der Waals surface area contributed by atoms with Crippen LogP contribution in [0.15, 0.2) is 18.2 Å². The van der Waals surface area contributed by atoms with Crippen molar-refractivity contribution in [3.05, 3.63) is 23.8 Å². The Labute approximate surface area is 127 Å². The quantitative estimate of drug-likeness (QED) is 0.790. The van der Waals surface area contributed by atoms with E-state index in [4.69, 9.17) is 18.9 Å². The van der Waals surface area contributed by atoms with Crippen LogP contribution in [0.25, 0.3) is 0 Å². The third kappa shape index (κ3) is 1.35. The van der Waals surface area contributed by atoms with E-state index in [9.17, 15) is 9.59 Å². The van der Waals surface area contributed by atoms with Crippen LogP contribution >= 0.6 is 0 Å². The summed E-state index contributed by atoms with van der Waals surface area (Å²) in [5, 5.41) is 0. The molecule has 0 radical (unpaired) electrons. The van der Waals surface area contributed by atoms with Crippen LogP contribution < -0.4 is 9.47 Å². The van der Waals surface area contributed by atoms with E-state index < -0.39 is 10.8 Å². The number of hydrogen-bond acceptors (Lipinski definition) is 6. The summed E-state index contributed by atoms with van der Waals surface area (Å²) in [6.45, 7) is 0.188. The molecule has 5 rings (SSSR count). The molecule has 3 saturated carbocycles. The van der Waals surface area contributed by atoms with E-state index in [1.807, 2.05) is 18.2 Å². The lowest BCUT2D eigenvalue weighted by Crippen LogP contribution is -2.74. The van der Waals surface area contributed by atoms with Gasteiger partial charge in [0.2, 0.25) is 6.79 Å². The van der Waals surface area contributed by atoms with Gasteiger partial charge in [-0.15, -0.1) is 0 Å². The summed E-state index contributed by atoms with van der Waals surface area (Å²) in [5.41, 5.74) is -0.342. The number of methoxy groups -OCH3 is 2. The third-order valence-electron chi connectivity index (χ3n) is 5.28. The van der Waals surface area contributed by atoms with Gasteiger partial charge in [-0.2, -0.15) is 0 Å². The molecule has 22 heavy (non-hydrogen) atoms. The Morgan fingerprint density at radius 1 is 1.05 bits per heavy atom. The Bertz CT molecular complexity index is 645. The molecule has 0 amide bonds. The van der Waals surface area contributed by atoms with Crippen molar-refractivity contribution >= 4 is 11.9 Å². The molecule has 0 N–H and O–H groups in total. The second-order valence-electron chi connectivity index (χ2n) is 6.19. The van der Waals surface area contributed by atoms with Crippen molar-refractivity contribution in [1.82, 2.24) is 0 Å². The molecular weight excluding hydrogens is 288 g/mol. The molecule has 1 aromatic rings. The largest absolute Gasteiger partial charge is 0.469 e. The summed E-state index contributed by atoms with van der Waals surface area (Å²) in [7, 11) is 2.76. The fraction of sp³-hybridized carbons (Fsp3) is 0.500. The summed E-state index contributed by atoms with van der Waals surface area (Å²) in [6, 6.07) is 5.54. The minimum Gasteiger partial charge on any atom is -0.469 e. The zero-order valence-corrected chi connectivity index (χ0v) is 12.4. The highest BCUT2D eigenvalue weighted by atomic mass is 16.7. The van der Waals surface area contributed by atoms with Crippen LogP contribution in [0.5, 0.6) is 11.5 Å². The highest BCUT2D eigenvalue weighted by Gasteiger charge is 2.83. The van der Waals surface area contributed by atoms with E-state index in [1.54, 1.807) is 0 Å². The van der Waals surface area contributed by atoms with Gasteiger partial charge in [0.05, 0.1) is 25.0 Å². The van der Waals surface area contributed by atoms with Crippen molar-refractivity contribution in [2.75, 3.05) is 21.0 Å². The predicted molar refractivity (Wildman–Crippen MR) is 73.4 cm³/mol. The molecule has 0 unspecified atom stereocenters. The SMILES string of the molecule is COC(=O)C12CC(C(=O)OC)(C1)C2c1ccc2c(c1)OCO2. The van der Waals surface area contributed by atoms with Crippen molar-refractivity contribution in [3.8, 4) is 11.5 Å². The van der Waals surface area contributed by atoms with Crippen molar-refractivity contribution in [1.29, 1.82) is 0 Å². The Balaban J connectivity index is 1.74. The maximum atomic E-state index is 12.2. The molecule has 116 valence electrons. The summed E-state index contributed by atoms with van der Waals surface area (Å²) in [5.74, 6) is 0.566.